The van der Waals surface area contributed by atoms with Crippen molar-refractivity contribution in [1.82, 2.24) is 9.97 Å². The molecular weight excluding hydrogens is 297 g/mol. The van der Waals surface area contributed by atoms with Gasteiger partial charge >= 0.3 is 12.1 Å². The summed E-state index contributed by atoms with van der Waals surface area (Å²) in [5.74, 6) is -2.52. The maximum atomic E-state index is 12.8. The molecule has 0 unspecified atom stereocenters. The lowest BCUT2D eigenvalue weighted by molar-refractivity contribution is -0.141. The molecule has 5 nitrogen and oxygen atoms in total. The molecule has 2 heterocycles. The van der Waals surface area contributed by atoms with Crippen LogP contribution in [0.25, 0.3) is 11.6 Å². The lowest BCUT2D eigenvalue weighted by Gasteiger charge is -2.03. The highest BCUT2D eigenvalue weighted by Crippen LogP contribution is 2.34. The smallest absolute Gasteiger partial charge is 0.437 e. The number of esters is 1. The van der Waals surface area contributed by atoms with Gasteiger partial charge in [-0.1, -0.05) is 0 Å². The first-order valence-corrected chi connectivity index (χ1v) is 6.38. The minimum atomic E-state index is -4.81. The molecule has 0 aliphatic carbocycles. The first kappa shape index (κ1) is 14.5. The monoisotopic (exact) mass is 306 g/mol. The van der Waals surface area contributed by atoms with E-state index in [1.54, 1.807) is 6.92 Å². The number of hydrogen-bond acceptors (Lipinski definition) is 6. The number of carbonyl (C=O) groups is 1. The Hall–Kier alpha value is -1.90. The molecular formula is C11H9F3N2O3S. The van der Waals surface area contributed by atoms with Crippen LogP contribution in [0.2, 0.25) is 0 Å². The fourth-order valence-electron chi connectivity index (χ4n) is 1.42. The zero-order chi connectivity index (χ0) is 14.9. The van der Waals surface area contributed by atoms with Crippen LogP contribution < -0.4 is 0 Å². The number of aryl methyl sites for hydroxylation is 1. The third kappa shape index (κ3) is 2.82. The number of nitrogens with zero attached hydrogens (tertiary/aromatic N) is 2. The van der Waals surface area contributed by atoms with E-state index in [9.17, 15) is 18.0 Å². The van der Waals surface area contributed by atoms with Crippen molar-refractivity contribution in [2.45, 2.75) is 20.0 Å². The van der Waals surface area contributed by atoms with Crippen LogP contribution in [0.1, 0.15) is 28.2 Å². The summed E-state index contributed by atoms with van der Waals surface area (Å²) in [5.41, 5.74) is -1.26. The number of oxazole rings is 1. The zero-order valence-corrected chi connectivity index (χ0v) is 11.3. The molecule has 0 aromatic carbocycles. The van der Waals surface area contributed by atoms with Crippen LogP contribution in [0.4, 0.5) is 13.2 Å². The Bertz CT molecular complexity index is 633. The number of rotatable bonds is 3. The zero-order valence-electron chi connectivity index (χ0n) is 10.4. The molecule has 9 heteroatoms. The number of thiazole rings is 1. The van der Waals surface area contributed by atoms with Gasteiger partial charge in [0.2, 0.25) is 11.7 Å². The first-order chi connectivity index (χ1) is 9.32. The Labute approximate surface area is 115 Å². The lowest BCUT2D eigenvalue weighted by Crippen LogP contribution is -2.14. The van der Waals surface area contributed by atoms with E-state index in [-0.39, 0.29) is 18.2 Å². The highest BCUT2D eigenvalue weighted by molar-refractivity contribution is 7.09. The molecule has 0 aliphatic heterocycles. The molecule has 0 spiro atoms. The van der Waals surface area contributed by atoms with Gasteiger partial charge in [0.1, 0.15) is 5.69 Å². The normalized spacial score (nSPS) is 11.7. The standard InChI is InChI=1S/C11H9F3N2O3S/c1-3-18-10(17)7-8(11(12,13)14)16-9(19-7)6-4-20-5(2)15-6/h4H,3H2,1-2H3. The number of halogens is 3. The highest BCUT2D eigenvalue weighted by Gasteiger charge is 2.42. The van der Waals surface area contributed by atoms with Gasteiger partial charge in [-0.15, -0.1) is 11.3 Å². The number of hydrogen-bond donors (Lipinski definition) is 0. The summed E-state index contributed by atoms with van der Waals surface area (Å²) in [7, 11) is 0. The number of carbonyl (C=O) groups excluding carboxylic acids is 1. The van der Waals surface area contributed by atoms with Crippen LogP contribution in [0, 0.1) is 6.92 Å². The van der Waals surface area contributed by atoms with E-state index in [0.29, 0.717) is 5.01 Å². The van der Waals surface area contributed by atoms with Crippen molar-refractivity contribution in [2.24, 2.45) is 0 Å². The van der Waals surface area contributed by atoms with Gasteiger partial charge in [-0.3, -0.25) is 0 Å². The molecule has 0 amide bonds. The molecule has 0 saturated carbocycles. The fourth-order valence-corrected chi connectivity index (χ4v) is 2.01. The van der Waals surface area contributed by atoms with Crippen molar-refractivity contribution in [3.63, 3.8) is 0 Å². The van der Waals surface area contributed by atoms with Crippen LogP contribution in [-0.2, 0) is 10.9 Å². The molecule has 2 aromatic rings. The summed E-state index contributed by atoms with van der Waals surface area (Å²) in [4.78, 5) is 18.8. The molecule has 0 aliphatic rings. The molecule has 0 fully saturated rings. The average Bonchev–Trinajstić information content (AvgIpc) is 2.94. The molecule has 2 aromatic heterocycles. The Balaban J connectivity index is 2.50. The molecule has 0 bridgehead atoms. The topological polar surface area (TPSA) is 65.2 Å². The minimum Gasteiger partial charge on any atom is -0.460 e. The SMILES string of the molecule is CCOC(=O)c1oc(-c2csc(C)n2)nc1C(F)(F)F. The molecule has 0 saturated heterocycles. The third-order valence-corrected chi connectivity index (χ3v) is 2.97. The number of aromatic nitrogens is 2. The number of ether oxygens (including phenoxy) is 1. The molecule has 0 N–H and O–H groups in total. The summed E-state index contributed by atoms with van der Waals surface area (Å²) in [6.45, 7) is 3.10. The van der Waals surface area contributed by atoms with Crippen molar-refractivity contribution in [2.75, 3.05) is 6.61 Å². The second-order valence-electron chi connectivity index (χ2n) is 3.67. The van der Waals surface area contributed by atoms with Gasteiger partial charge in [-0.05, 0) is 13.8 Å². The van der Waals surface area contributed by atoms with Gasteiger partial charge in [0.05, 0.1) is 11.6 Å². The van der Waals surface area contributed by atoms with E-state index in [1.807, 2.05) is 0 Å². The minimum absolute atomic E-state index is 0.0675. The highest BCUT2D eigenvalue weighted by atomic mass is 32.1. The average molecular weight is 306 g/mol. The predicted molar refractivity (Wildman–Crippen MR) is 63.3 cm³/mol. The number of alkyl halides is 3. The van der Waals surface area contributed by atoms with Crippen LogP contribution in [0.5, 0.6) is 0 Å². The Morgan fingerprint density at radius 1 is 1.45 bits per heavy atom. The van der Waals surface area contributed by atoms with Gasteiger partial charge in [0, 0.05) is 5.38 Å². The van der Waals surface area contributed by atoms with E-state index in [2.05, 4.69) is 14.7 Å². The summed E-state index contributed by atoms with van der Waals surface area (Å²) in [6, 6.07) is 0. The maximum absolute atomic E-state index is 12.8. The summed E-state index contributed by atoms with van der Waals surface area (Å²) >= 11 is 1.23. The maximum Gasteiger partial charge on any atom is 0.437 e. The largest absolute Gasteiger partial charge is 0.460 e. The second-order valence-corrected chi connectivity index (χ2v) is 4.73. The fraction of sp³-hybridized carbons (Fsp3) is 0.364. The van der Waals surface area contributed by atoms with E-state index in [4.69, 9.17) is 4.42 Å². The van der Waals surface area contributed by atoms with Crippen molar-refractivity contribution in [3.8, 4) is 11.6 Å². The molecule has 20 heavy (non-hydrogen) atoms. The van der Waals surface area contributed by atoms with Crippen LogP contribution in [-0.4, -0.2) is 22.5 Å². The van der Waals surface area contributed by atoms with E-state index in [1.165, 1.54) is 23.6 Å². The van der Waals surface area contributed by atoms with Crippen molar-refractivity contribution in [3.05, 3.63) is 21.8 Å². The molecule has 0 atom stereocenters. The third-order valence-electron chi connectivity index (χ3n) is 2.19. The Morgan fingerprint density at radius 2 is 2.15 bits per heavy atom. The van der Waals surface area contributed by atoms with E-state index >= 15 is 0 Å². The lowest BCUT2D eigenvalue weighted by atomic mass is 10.3. The van der Waals surface area contributed by atoms with Crippen molar-refractivity contribution >= 4 is 17.3 Å². The van der Waals surface area contributed by atoms with Crippen molar-refractivity contribution in [1.29, 1.82) is 0 Å². The van der Waals surface area contributed by atoms with Gasteiger partial charge in [-0.25, -0.2) is 14.8 Å². The quantitative estimate of drug-likeness (QED) is 0.814. The van der Waals surface area contributed by atoms with Gasteiger partial charge in [0.25, 0.3) is 0 Å². The van der Waals surface area contributed by atoms with Crippen LogP contribution >= 0.6 is 11.3 Å². The van der Waals surface area contributed by atoms with E-state index in [0.717, 1.165) is 0 Å². The Morgan fingerprint density at radius 3 is 2.65 bits per heavy atom. The summed E-state index contributed by atoms with van der Waals surface area (Å²) in [5, 5.41) is 2.14. The predicted octanol–water partition coefficient (Wildman–Crippen LogP) is 3.30. The first-order valence-electron chi connectivity index (χ1n) is 5.50. The summed E-state index contributed by atoms with van der Waals surface area (Å²) < 4.78 is 47.9. The molecule has 2 rings (SSSR count). The van der Waals surface area contributed by atoms with Crippen LogP contribution in [0.3, 0.4) is 0 Å². The van der Waals surface area contributed by atoms with Crippen molar-refractivity contribution < 1.29 is 27.1 Å². The van der Waals surface area contributed by atoms with Gasteiger partial charge < -0.3 is 9.15 Å². The Kier molecular flexibility index (Phi) is 3.80. The van der Waals surface area contributed by atoms with Gasteiger partial charge in [-0.2, -0.15) is 13.2 Å². The van der Waals surface area contributed by atoms with Crippen LogP contribution in [0.15, 0.2) is 9.80 Å². The van der Waals surface area contributed by atoms with E-state index < -0.39 is 23.6 Å². The van der Waals surface area contributed by atoms with Gasteiger partial charge in [0.15, 0.2) is 5.69 Å². The molecule has 0 radical (unpaired) electrons. The second kappa shape index (κ2) is 5.23. The molecule has 108 valence electrons. The summed E-state index contributed by atoms with van der Waals surface area (Å²) in [6.07, 6.45) is -4.81.